The molecule has 1 spiro atoms. The van der Waals surface area contributed by atoms with Crippen molar-refractivity contribution in [3.05, 3.63) is 54.2 Å². The van der Waals surface area contributed by atoms with Gasteiger partial charge >= 0.3 is 12.1 Å². The van der Waals surface area contributed by atoms with E-state index in [1.54, 1.807) is 18.7 Å². The highest BCUT2D eigenvalue weighted by Crippen LogP contribution is 2.36. The minimum Gasteiger partial charge on any atom is -0.475 e. The topological polar surface area (TPSA) is 102 Å². The lowest BCUT2D eigenvalue weighted by Crippen LogP contribution is -2.50. The van der Waals surface area contributed by atoms with Gasteiger partial charge in [0.05, 0.1) is 37.6 Å². The third-order valence-corrected chi connectivity index (χ3v) is 5.45. The number of rotatable bonds is 5. The lowest BCUT2D eigenvalue weighted by Gasteiger charge is -2.39. The lowest BCUT2D eigenvalue weighted by molar-refractivity contribution is -0.192. The second kappa shape index (κ2) is 10.8. The molecule has 1 amide bonds. The van der Waals surface area contributed by atoms with Crippen molar-refractivity contribution < 1.29 is 41.8 Å². The van der Waals surface area contributed by atoms with Crippen LogP contribution in [0.15, 0.2) is 47.3 Å². The molecule has 0 aromatic carbocycles. The summed E-state index contributed by atoms with van der Waals surface area (Å²) in [6, 6.07) is 7.57. The Hall–Kier alpha value is -2.92. The SMILES string of the molecule is O=C(Cc1ccco1)N1CCC[C@]2(C[C@H](OCc3ccncc3)CO2)C1.O=C(O)C(F)(F)F. The number of carboxylic acids is 1. The Balaban J connectivity index is 0.000000383. The first-order valence-electron chi connectivity index (χ1n) is 10.4. The van der Waals surface area contributed by atoms with E-state index < -0.39 is 12.1 Å². The van der Waals surface area contributed by atoms with E-state index in [0.717, 1.165) is 31.4 Å². The third-order valence-electron chi connectivity index (χ3n) is 5.45. The molecule has 2 aromatic heterocycles. The molecule has 8 nitrogen and oxygen atoms in total. The Labute approximate surface area is 188 Å². The summed E-state index contributed by atoms with van der Waals surface area (Å²) in [5.74, 6) is -1.95. The molecule has 11 heteroatoms. The lowest BCUT2D eigenvalue weighted by atomic mass is 9.89. The Bertz CT molecular complexity index is 907. The van der Waals surface area contributed by atoms with Crippen molar-refractivity contribution >= 4 is 11.9 Å². The second-order valence-corrected chi connectivity index (χ2v) is 7.96. The molecule has 0 unspecified atom stereocenters. The van der Waals surface area contributed by atoms with Crippen LogP contribution in [0.4, 0.5) is 13.2 Å². The van der Waals surface area contributed by atoms with Crippen LogP contribution in [0.3, 0.4) is 0 Å². The number of carbonyl (C=O) groups excluding carboxylic acids is 1. The molecule has 0 bridgehead atoms. The van der Waals surface area contributed by atoms with Crippen molar-refractivity contribution in [1.82, 2.24) is 9.88 Å². The van der Waals surface area contributed by atoms with Gasteiger partial charge < -0.3 is 23.9 Å². The summed E-state index contributed by atoms with van der Waals surface area (Å²) < 4.78 is 49.2. The van der Waals surface area contributed by atoms with Crippen LogP contribution in [-0.4, -0.2) is 64.4 Å². The largest absolute Gasteiger partial charge is 0.490 e. The van der Waals surface area contributed by atoms with Crippen molar-refractivity contribution in [1.29, 1.82) is 0 Å². The highest BCUT2D eigenvalue weighted by molar-refractivity contribution is 5.78. The van der Waals surface area contributed by atoms with E-state index in [1.807, 2.05) is 29.2 Å². The van der Waals surface area contributed by atoms with Gasteiger partial charge in [0, 0.05) is 31.9 Å². The molecule has 2 saturated heterocycles. The number of carboxylic acid groups (broad SMARTS) is 1. The van der Waals surface area contributed by atoms with E-state index in [-0.39, 0.29) is 17.6 Å². The Morgan fingerprint density at radius 2 is 2.00 bits per heavy atom. The Morgan fingerprint density at radius 3 is 2.64 bits per heavy atom. The number of hydrogen-bond acceptors (Lipinski definition) is 6. The van der Waals surface area contributed by atoms with Gasteiger partial charge in [-0.3, -0.25) is 9.78 Å². The van der Waals surface area contributed by atoms with Crippen molar-refractivity contribution in [3.63, 3.8) is 0 Å². The molecule has 0 saturated carbocycles. The van der Waals surface area contributed by atoms with E-state index in [9.17, 15) is 18.0 Å². The summed E-state index contributed by atoms with van der Waals surface area (Å²) in [7, 11) is 0. The predicted molar refractivity (Wildman–Crippen MR) is 108 cm³/mol. The smallest absolute Gasteiger partial charge is 0.475 e. The van der Waals surface area contributed by atoms with Gasteiger partial charge in [-0.2, -0.15) is 13.2 Å². The predicted octanol–water partition coefficient (Wildman–Crippen LogP) is 3.22. The zero-order chi connectivity index (χ0) is 23.9. The number of piperidine rings is 1. The summed E-state index contributed by atoms with van der Waals surface area (Å²) in [4.78, 5) is 27.4. The number of aromatic nitrogens is 1. The molecular weight excluding hydrogens is 445 g/mol. The summed E-state index contributed by atoms with van der Waals surface area (Å²) >= 11 is 0. The number of carbonyl (C=O) groups is 2. The maximum absolute atomic E-state index is 12.6. The van der Waals surface area contributed by atoms with E-state index in [4.69, 9.17) is 23.8 Å². The fourth-order valence-electron chi connectivity index (χ4n) is 3.87. The number of halogens is 3. The third kappa shape index (κ3) is 7.29. The number of ether oxygens (including phenoxy) is 2. The van der Waals surface area contributed by atoms with E-state index in [1.165, 1.54) is 0 Å². The molecule has 4 rings (SSSR count). The van der Waals surface area contributed by atoms with Gasteiger partial charge in [0.25, 0.3) is 0 Å². The standard InChI is InChI=1S/C20H24N2O4.C2HF3O2/c23-19(11-17-3-1-10-24-17)22-9-2-6-20(15-22)12-18(14-26-20)25-13-16-4-7-21-8-5-16;3-2(4,5)1(6)7/h1,3-5,7-8,10,18H,2,6,9,11-15H2;(H,6,7)/t18-,20-;/m0./s1. The highest BCUT2D eigenvalue weighted by Gasteiger charge is 2.45. The van der Waals surface area contributed by atoms with Gasteiger partial charge in [0.2, 0.25) is 5.91 Å². The molecule has 2 atom stereocenters. The van der Waals surface area contributed by atoms with Crippen LogP contribution in [0.2, 0.25) is 0 Å². The number of hydrogen-bond donors (Lipinski definition) is 1. The number of likely N-dealkylation sites (tertiary alicyclic amines) is 1. The number of furan rings is 1. The minimum absolute atomic E-state index is 0.0725. The maximum atomic E-state index is 12.6. The molecule has 180 valence electrons. The maximum Gasteiger partial charge on any atom is 0.490 e. The summed E-state index contributed by atoms with van der Waals surface area (Å²) in [6.45, 7) is 2.58. The van der Waals surface area contributed by atoms with Gasteiger partial charge in [0.1, 0.15) is 5.76 Å². The van der Waals surface area contributed by atoms with Crippen molar-refractivity contribution in [2.24, 2.45) is 0 Å². The van der Waals surface area contributed by atoms with Crippen LogP contribution in [0.25, 0.3) is 0 Å². The van der Waals surface area contributed by atoms with Gasteiger partial charge in [0.15, 0.2) is 0 Å². The quantitative estimate of drug-likeness (QED) is 0.716. The molecule has 2 aliphatic rings. The van der Waals surface area contributed by atoms with Crippen LogP contribution < -0.4 is 0 Å². The molecule has 0 radical (unpaired) electrons. The average Bonchev–Trinajstić information content (AvgIpc) is 3.43. The molecule has 2 aromatic rings. The summed E-state index contributed by atoms with van der Waals surface area (Å²) in [6.07, 6.45) is 3.22. The first-order valence-corrected chi connectivity index (χ1v) is 10.4. The van der Waals surface area contributed by atoms with Gasteiger partial charge in [-0.25, -0.2) is 4.79 Å². The van der Waals surface area contributed by atoms with Crippen molar-refractivity contribution in [2.45, 2.75) is 50.2 Å². The first kappa shape index (κ1) is 24.7. The molecule has 0 aliphatic carbocycles. The molecule has 1 N–H and O–H groups in total. The molecule has 2 fully saturated rings. The van der Waals surface area contributed by atoms with E-state index >= 15 is 0 Å². The monoisotopic (exact) mass is 470 g/mol. The number of aliphatic carboxylic acids is 1. The van der Waals surface area contributed by atoms with Crippen LogP contribution >= 0.6 is 0 Å². The average molecular weight is 470 g/mol. The molecule has 33 heavy (non-hydrogen) atoms. The van der Waals surface area contributed by atoms with Gasteiger partial charge in [-0.05, 0) is 42.7 Å². The fourth-order valence-corrected chi connectivity index (χ4v) is 3.87. The Morgan fingerprint density at radius 1 is 1.27 bits per heavy atom. The molecule has 2 aliphatic heterocycles. The Kier molecular flexibility index (Phi) is 8.09. The number of nitrogens with zero attached hydrogens (tertiary/aromatic N) is 2. The zero-order valence-corrected chi connectivity index (χ0v) is 17.8. The summed E-state index contributed by atoms with van der Waals surface area (Å²) in [5.41, 5.74) is 0.847. The van der Waals surface area contributed by atoms with Crippen LogP contribution in [0.5, 0.6) is 0 Å². The first-order chi connectivity index (χ1) is 15.7. The fraction of sp³-hybridized carbons (Fsp3) is 0.500. The van der Waals surface area contributed by atoms with Crippen LogP contribution in [0, 0.1) is 0 Å². The van der Waals surface area contributed by atoms with E-state index in [2.05, 4.69) is 4.98 Å². The molecular formula is C22H25F3N2O6. The minimum atomic E-state index is -5.08. The van der Waals surface area contributed by atoms with Crippen molar-refractivity contribution in [2.75, 3.05) is 19.7 Å². The van der Waals surface area contributed by atoms with Gasteiger partial charge in [-0.15, -0.1) is 0 Å². The highest BCUT2D eigenvalue weighted by atomic mass is 19.4. The van der Waals surface area contributed by atoms with Gasteiger partial charge in [-0.1, -0.05) is 0 Å². The molecule has 4 heterocycles. The normalized spacial score (nSPS) is 22.6. The van der Waals surface area contributed by atoms with Crippen LogP contribution in [0.1, 0.15) is 30.6 Å². The van der Waals surface area contributed by atoms with Crippen molar-refractivity contribution in [3.8, 4) is 0 Å². The summed E-state index contributed by atoms with van der Waals surface area (Å²) in [5, 5.41) is 7.12. The zero-order valence-electron chi connectivity index (χ0n) is 17.8. The number of amides is 1. The van der Waals surface area contributed by atoms with Crippen LogP contribution in [-0.2, 0) is 32.1 Å². The number of pyridine rings is 1. The number of alkyl halides is 3. The van der Waals surface area contributed by atoms with E-state index in [0.29, 0.717) is 31.9 Å². The second-order valence-electron chi connectivity index (χ2n) is 7.96.